The van der Waals surface area contributed by atoms with Gasteiger partial charge in [0.2, 0.25) is 5.95 Å². The smallest absolute Gasteiger partial charge is 0.324 e. The number of hydrogen-bond acceptors (Lipinski definition) is 6. The molecule has 1 fully saturated rings. The maximum Gasteiger partial charge on any atom is 0.416 e. The van der Waals surface area contributed by atoms with Crippen molar-refractivity contribution in [2.24, 2.45) is 0 Å². The molecular weight excluding hydrogens is 596 g/mol. The van der Waals surface area contributed by atoms with Crippen LogP contribution in [0.1, 0.15) is 27.0 Å². The number of halogens is 4. The predicted molar refractivity (Wildman–Crippen MR) is 172 cm³/mol. The highest BCUT2D eigenvalue weighted by Crippen LogP contribution is 2.34. The highest BCUT2D eigenvalue weighted by Gasteiger charge is 2.34. The van der Waals surface area contributed by atoms with Crippen LogP contribution in [-0.2, 0) is 12.7 Å². The second-order valence-corrected chi connectivity index (χ2v) is 11.5. The summed E-state index contributed by atoms with van der Waals surface area (Å²) in [4.78, 5) is 26.3. The van der Waals surface area contributed by atoms with Crippen LogP contribution in [-0.4, -0.2) is 58.9 Å². The van der Waals surface area contributed by atoms with Crippen molar-refractivity contribution in [3.63, 3.8) is 0 Å². The second-order valence-electron chi connectivity index (χ2n) is 11.5. The molecule has 5 aromatic rings. The molecule has 1 aliphatic heterocycles. The van der Waals surface area contributed by atoms with Gasteiger partial charge in [-0.05, 0) is 96.9 Å². The highest BCUT2D eigenvalue weighted by molar-refractivity contribution is 6.05. The molecule has 1 aliphatic rings. The Bertz CT molecular complexity index is 1890. The first-order valence-electron chi connectivity index (χ1n) is 14.8. The minimum absolute atomic E-state index is 0.0653. The van der Waals surface area contributed by atoms with E-state index in [9.17, 15) is 22.4 Å². The molecule has 0 saturated carbocycles. The van der Waals surface area contributed by atoms with Crippen molar-refractivity contribution in [1.29, 1.82) is 0 Å². The molecule has 7 nitrogen and oxygen atoms in total. The topological polar surface area (TPSA) is 73.4 Å². The molecular formula is C35H32F4N6O. The van der Waals surface area contributed by atoms with E-state index in [1.807, 2.05) is 43.1 Å². The van der Waals surface area contributed by atoms with Gasteiger partial charge in [0.1, 0.15) is 5.82 Å². The van der Waals surface area contributed by atoms with Gasteiger partial charge in [0.05, 0.1) is 11.1 Å². The molecule has 0 bridgehead atoms. The molecule has 0 unspecified atom stereocenters. The van der Waals surface area contributed by atoms with Crippen LogP contribution in [0.2, 0.25) is 0 Å². The monoisotopic (exact) mass is 628 g/mol. The first kappa shape index (κ1) is 31.1. The molecule has 0 atom stereocenters. The Morgan fingerprint density at radius 1 is 0.891 bits per heavy atom. The van der Waals surface area contributed by atoms with Crippen LogP contribution < -0.4 is 10.6 Å². The van der Waals surface area contributed by atoms with E-state index in [2.05, 4.69) is 25.5 Å². The molecule has 0 spiro atoms. The maximum absolute atomic E-state index is 14.1. The fourth-order valence-electron chi connectivity index (χ4n) is 5.50. The Labute approximate surface area is 263 Å². The lowest BCUT2D eigenvalue weighted by atomic mass is 9.98. The average Bonchev–Trinajstić information content (AvgIpc) is 3.03. The summed E-state index contributed by atoms with van der Waals surface area (Å²) < 4.78 is 55.5. The van der Waals surface area contributed by atoms with E-state index in [0.717, 1.165) is 41.2 Å². The number of fused-ring (bicyclic) bond motifs is 1. The van der Waals surface area contributed by atoms with Gasteiger partial charge in [-0.2, -0.15) is 13.2 Å². The van der Waals surface area contributed by atoms with E-state index in [4.69, 9.17) is 0 Å². The summed E-state index contributed by atoms with van der Waals surface area (Å²) >= 11 is 0. The molecule has 1 aromatic heterocycles. The third kappa shape index (κ3) is 7.16. The quantitative estimate of drug-likeness (QED) is 0.182. The molecule has 11 heteroatoms. The summed E-state index contributed by atoms with van der Waals surface area (Å²) in [5, 5.41) is 6.61. The number of hydrogen-bond donors (Lipinski definition) is 2. The van der Waals surface area contributed by atoms with Gasteiger partial charge in [-0.1, -0.05) is 18.2 Å². The van der Waals surface area contributed by atoms with Crippen LogP contribution in [0.4, 0.5) is 34.9 Å². The third-order valence-corrected chi connectivity index (χ3v) is 8.15. The van der Waals surface area contributed by atoms with Gasteiger partial charge in [-0.3, -0.25) is 9.69 Å². The molecule has 46 heavy (non-hydrogen) atoms. The number of aromatic nitrogens is 2. The molecule has 2 N–H and O–H groups in total. The van der Waals surface area contributed by atoms with E-state index in [0.29, 0.717) is 35.9 Å². The minimum atomic E-state index is -4.59. The van der Waals surface area contributed by atoms with Crippen LogP contribution in [0, 0.1) is 12.7 Å². The lowest BCUT2D eigenvalue weighted by molar-refractivity contribution is -0.138. The van der Waals surface area contributed by atoms with Crippen molar-refractivity contribution in [3.05, 3.63) is 113 Å². The number of amides is 1. The van der Waals surface area contributed by atoms with Gasteiger partial charge in [-0.25, -0.2) is 14.4 Å². The number of aryl methyl sites for hydroxylation is 1. The second kappa shape index (κ2) is 12.9. The lowest BCUT2D eigenvalue weighted by Crippen LogP contribution is -2.44. The van der Waals surface area contributed by atoms with Gasteiger partial charge in [0, 0.05) is 61.2 Å². The van der Waals surface area contributed by atoms with Crippen molar-refractivity contribution >= 4 is 34.1 Å². The number of alkyl halides is 3. The Morgan fingerprint density at radius 2 is 1.63 bits per heavy atom. The normalized spacial score (nSPS) is 14.4. The number of piperazine rings is 1. The Kier molecular flexibility index (Phi) is 8.70. The molecule has 4 aromatic carbocycles. The number of nitrogens with one attached hydrogen (secondary N) is 2. The van der Waals surface area contributed by atoms with E-state index < -0.39 is 17.6 Å². The number of nitrogens with zero attached hydrogens (tertiary/aromatic N) is 4. The molecule has 236 valence electrons. The van der Waals surface area contributed by atoms with Crippen LogP contribution in [0.15, 0.2) is 85.1 Å². The Morgan fingerprint density at radius 3 is 2.37 bits per heavy atom. The molecule has 0 aliphatic carbocycles. The third-order valence-electron chi connectivity index (χ3n) is 8.15. The largest absolute Gasteiger partial charge is 0.416 e. The first-order chi connectivity index (χ1) is 22.0. The van der Waals surface area contributed by atoms with Crippen molar-refractivity contribution < 1.29 is 22.4 Å². The summed E-state index contributed by atoms with van der Waals surface area (Å²) in [7, 11) is 1.99. The molecule has 6 rings (SSSR count). The zero-order valence-corrected chi connectivity index (χ0v) is 25.3. The van der Waals surface area contributed by atoms with Crippen LogP contribution in [0.5, 0.6) is 0 Å². The molecule has 1 amide bonds. The van der Waals surface area contributed by atoms with Crippen LogP contribution in [0.25, 0.3) is 22.0 Å². The number of carbonyl (C=O) groups excluding carboxylic acids is 1. The van der Waals surface area contributed by atoms with E-state index in [1.54, 1.807) is 30.5 Å². The first-order valence-corrected chi connectivity index (χ1v) is 14.8. The van der Waals surface area contributed by atoms with Crippen LogP contribution >= 0.6 is 0 Å². The minimum Gasteiger partial charge on any atom is -0.324 e. The molecule has 2 heterocycles. The highest BCUT2D eigenvalue weighted by atomic mass is 19.4. The number of rotatable bonds is 7. The zero-order chi connectivity index (χ0) is 32.4. The van der Waals surface area contributed by atoms with Gasteiger partial charge in [0.25, 0.3) is 5.91 Å². The van der Waals surface area contributed by atoms with Gasteiger partial charge in [0.15, 0.2) is 0 Å². The van der Waals surface area contributed by atoms with E-state index >= 15 is 0 Å². The number of anilines is 3. The Balaban J connectivity index is 1.20. The number of benzene rings is 4. The summed E-state index contributed by atoms with van der Waals surface area (Å²) in [6.07, 6.45) is -2.91. The van der Waals surface area contributed by atoms with E-state index in [-0.39, 0.29) is 23.5 Å². The standard InChI is InChI=1S/C35H32F4N6O/c1-22-3-9-29(41-33(46)24-4-5-25(31(18-24)35(37,38)39)21-45-15-13-44(2)14-16-45)19-30(22)23-6-12-32-26(17-23)20-40-34(43-32)42-28-10-7-27(36)8-11-28/h3-12,17-20H,13-16,21H2,1-2H3,(H,41,46)(H,40,42,43). The van der Waals surface area contributed by atoms with Crippen molar-refractivity contribution in [3.8, 4) is 11.1 Å². The predicted octanol–water partition coefficient (Wildman–Crippen LogP) is 7.51. The van der Waals surface area contributed by atoms with Gasteiger partial charge < -0.3 is 15.5 Å². The number of carbonyl (C=O) groups is 1. The van der Waals surface area contributed by atoms with E-state index in [1.165, 1.54) is 24.3 Å². The molecule has 0 radical (unpaired) electrons. The van der Waals surface area contributed by atoms with Gasteiger partial charge >= 0.3 is 6.18 Å². The fraction of sp³-hybridized carbons (Fsp3) is 0.229. The average molecular weight is 629 g/mol. The summed E-state index contributed by atoms with van der Waals surface area (Å²) in [5.74, 6) is -0.591. The van der Waals surface area contributed by atoms with Crippen molar-refractivity contribution in [1.82, 2.24) is 19.8 Å². The molecule has 1 saturated heterocycles. The maximum atomic E-state index is 14.1. The summed E-state index contributed by atoms with van der Waals surface area (Å²) in [6.45, 7) is 5.08. The SMILES string of the molecule is Cc1ccc(NC(=O)c2ccc(CN3CCN(C)CC3)c(C(F)(F)F)c2)cc1-c1ccc2nc(Nc3ccc(F)cc3)ncc2c1. The van der Waals surface area contributed by atoms with Crippen LogP contribution in [0.3, 0.4) is 0 Å². The fourth-order valence-corrected chi connectivity index (χ4v) is 5.50. The summed E-state index contributed by atoms with van der Waals surface area (Å²) in [5.41, 5.74) is 3.75. The van der Waals surface area contributed by atoms with Crippen molar-refractivity contribution in [2.75, 3.05) is 43.9 Å². The van der Waals surface area contributed by atoms with Gasteiger partial charge in [-0.15, -0.1) is 0 Å². The lowest BCUT2D eigenvalue weighted by Gasteiger charge is -2.33. The summed E-state index contributed by atoms with van der Waals surface area (Å²) in [6, 6.07) is 20.8. The Hall–Kier alpha value is -4.87. The number of likely N-dealkylation sites (N-methyl/N-ethyl adjacent to an activating group) is 1. The zero-order valence-electron chi connectivity index (χ0n) is 25.3. The van der Waals surface area contributed by atoms with Crippen molar-refractivity contribution in [2.45, 2.75) is 19.6 Å².